The lowest BCUT2D eigenvalue weighted by atomic mass is 9.78. The number of nitriles is 1. The molecule has 3 heteroatoms. The molecule has 0 heterocycles. The summed E-state index contributed by atoms with van der Waals surface area (Å²) < 4.78 is 5.21. The van der Waals surface area contributed by atoms with Crippen molar-refractivity contribution in [3.05, 3.63) is 83.4 Å². The molecular formula is C22H23NO2. The Morgan fingerprint density at radius 3 is 2.28 bits per heavy atom. The summed E-state index contributed by atoms with van der Waals surface area (Å²) in [5.74, 6) is -0.493. The predicted molar refractivity (Wildman–Crippen MR) is 98.9 cm³/mol. The van der Waals surface area contributed by atoms with Crippen molar-refractivity contribution in [1.82, 2.24) is 0 Å². The van der Waals surface area contributed by atoms with Gasteiger partial charge in [-0.1, -0.05) is 72.3 Å². The van der Waals surface area contributed by atoms with E-state index in [2.05, 4.69) is 18.2 Å². The van der Waals surface area contributed by atoms with Crippen LogP contribution < -0.4 is 0 Å². The first-order valence-corrected chi connectivity index (χ1v) is 8.46. The maximum Gasteiger partial charge on any atom is 0.331 e. The Labute approximate surface area is 149 Å². The van der Waals surface area contributed by atoms with Gasteiger partial charge in [-0.05, 0) is 37.8 Å². The number of rotatable bonds is 7. The molecule has 1 atom stereocenters. The van der Waals surface area contributed by atoms with Gasteiger partial charge in [0.1, 0.15) is 0 Å². The van der Waals surface area contributed by atoms with Crippen LogP contribution in [0.2, 0.25) is 0 Å². The number of hydrogen-bond acceptors (Lipinski definition) is 3. The normalized spacial score (nSPS) is 13.6. The molecule has 0 N–H and O–H groups in total. The minimum Gasteiger partial charge on any atom is -0.465 e. The van der Waals surface area contributed by atoms with Crippen molar-refractivity contribution in [1.29, 1.82) is 5.26 Å². The van der Waals surface area contributed by atoms with E-state index < -0.39 is 11.4 Å². The third-order valence-electron chi connectivity index (χ3n) is 4.16. The highest BCUT2D eigenvalue weighted by Crippen LogP contribution is 2.30. The van der Waals surface area contributed by atoms with Crippen LogP contribution in [0.3, 0.4) is 0 Å². The summed E-state index contributed by atoms with van der Waals surface area (Å²) in [4.78, 5) is 12.6. The molecule has 2 aromatic rings. The number of benzene rings is 2. The summed E-state index contributed by atoms with van der Waals surface area (Å²) in [5, 5.41) is 9.85. The summed E-state index contributed by atoms with van der Waals surface area (Å²) in [7, 11) is 0. The van der Waals surface area contributed by atoms with Crippen LogP contribution in [0.5, 0.6) is 0 Å². The molecule has 0 saturated heterocycles. The molecule has 0 spiro atoms. The molecule has 2 aromatic carbocycles. The molecule has 25 heavy (non-hydrogen) atoms. The first-order chi connectivity index (χ1) is 12.1. The number of carbonyl (C=O) groups excluding carboxylic acids is 1. The first kappa shape index (κ1) is 18.5. The largest absolute Gasteiger partial charge is 0.465 e. The molecule has 128 valence electrons. The zero-order valence-corrected chi connectivity index (χ0v) is 14.7. The smallest absolute Gasteiger partial charge is 0.331 e. The van der Waals surface area contributed by atoms with Crippen molar-refractivity contribution in [3.8, 4) is 6.07 Å². The number of carbonyl (C=O) groups is 1. The first-order valence-electron chi connectivity index (χ1n) is 8.46. The molecule has 2 rings (SSSR count). The van der Waals surface area contributed by atoms with Gasteiger partial charge in [0.25, 0.3) is 0 Å². The Morgan fingerprint density at radius 2 is 1.72 bits per heavy atom. The molecule has 0 saturated carbocycles. The van der Waals surface area contributed by atoms with Crippen LogP contribution in [-0.4, -0.2) is 12.6 Å². The third-order valence-corrected chi connectivity index (χ3v) is 4.16. The van der Waals surface area contributed by atoms with Gasteiger partial charge in [-0.3, -0.25) is 0 Å². The van der Waals surface area contributed by atoms with E-state index in [1.165, 1.54) is 5.56 Å². The highest BCUT2D eigenvalue weighted by atomic mass is 16.5. The standard InChI is InChI=1S/C22H23NO2/c1-3-25-21(24)22(17-23,20-12-8-5-9-13-20)15-14-18(2)16-19-10-6-4-7-11-19/h4-14H,3,15-16H2,1-2H3/b18-14+. The van der Waals surface area contributed by atoms with Crippen LogP contribution in [0.25, 0.3) is 0 Å². The van der Waals surface area contributed by atoms with E-state index in [4.69, 9.17) is 4.74 Å². The van der Waals surface area contributed by atoms with Crippen LogP contribution in [0.15, 0.2) is 72.3 Å². The molecule has 0 bridgehead atoms. The van der Waals surface area contributed by atoms with Crippen LogP contribution >= 0.6 is 0 Å². The second-order valence-corrected chi connectivity index (χ2v) is 6.02. The summed E-state index contributed by atoms with van der Waals surface area (Å²) in [6.07, 6.45) is 3.06. The van der Waals surface area contributed by atoms with Gasteiger partial charge in [-0.25, -0.2) is 4.79 Å². The Hall–Kier alpha value is -2.86. The second-order valence-electron chi connectivity index (χ2n) is 6.02. The summed E-state index contributed by atoms with van der Waals surface area (Å²) in [6, 6.07) is 21.5. The fourth-order valence-electron chi connectivity index (χ4n) is 2.77. The quantitative estimate of drug-likeness (QED) is 0.550. The van der Waals surface area contributed by atoms with Crippen LogP contribution in [-0.2, 0) is 21.4 Å². The molecule has 0 amide bonds. The van der Waals surface area contributed by atoms with Crippen molar-refractivity contribution in [2.75, 3.05) is 6.61 Å². The number of ether oxygens (including phenoxy) is 1. The average Bonchev–Trinajstić information content (AvgIpc) is 2.64. The third kappa shape index (κ3) is 4.58. The van der Waals surface area contributed by atoms with E-state index in [-0.39, 0.29) is 6.61 Å². The van der Waals surface area contributed by atoms with Crippen LogP contribution in [0.1, 0.15) is 31.4 Å². The Kier molecular flexibility index (Phi) is 6.54. The lowest BCUT2D eigenvalue weighted by molar-refractivity contribution is -0.147. The van der Waals surface area contributed by atoms with E-state index in [0.717, 1.165) is 12.0 Å². The van der Waals surface area contributed by atoms with Crippen molar-refractivity contribution in [2.24, 2.45) is 0 Å². The highest BCUT2D eigenvalue weighted by molar-refractivity contribution is 5.87. The lowest BCUT2D eigenvalue weighted by Gasteiger charge is -2.24. The Morgan fingerprint density at radius 1 is 1.12 bits per heavy atom. The van der Waals surface area contributed by atoms with E-state index in [9.17, 15) is 10.1 Å². The van der Waals surface area contributed by atoms with Crippen molar-refractivity contribution < 1.29 is 9.53 Å². The van der Waals surface area contributed by atoms with E-state index >= 15 is 0 Å². The van der Waals surface area contributed by atoms with Crippen molar-refractivity contribution in [3.63, 3.8) is 0 Å². The van der Waals surface area contributed by atoms with Gasteiger partial charge < -0.3 is 4.74 Å². The van der Waals surface area contributed by atoms with Gasteiger partial charge in [0.05, 0.1) is 12.7 Å². The minimum atomic E-state index is -1.31. The van der Waals surface area contributed by atoms with Crippen molar-refractivity contribution in [2.45, 2.75) is 32.1 Å². The monoisotopic (exact) mass is 333 g/mol. The van der Waals surface area contributed by atoms with E-state index in [1.807, 2.05) is 49.4 Å². The topological polar surface area (TPSA) is 50.1 Å². The van der Waals surface area contributed by atoms with E-state index in [0.29, 0.717) is 12.0 Å². The SMILES string of the molecule is CCOC(=O)C(C#N)(C/C=C(\C)Cc1ccccc1)c1ccccc1. The highest BCUT2D eigenvalue weighted by Gasteiger charge is 2.41. The molecule has 0 aliphatic heterocycles. The average molecular weight is 333 g/mol. The number of nitrogens with zero attached hydrogens (tertiary/aromatic N) is 1. The van der Waals surface area contributed by atoms with Gasteiger partial charge in [0.15, 0.2) is 5.41 Å². The van der Waals surface area contributed by atoms with Gasteiger partial charge >= 0.3 is 5.97 Å². The Balaban J connectivity index is 2.28. The van der Waals surface area contributed by atoms with Crippen LogP contribution in [0.4, 0.5) is 0 Å². The molecule has 0 radical (unpaired) electrons. The maximum absolute atomic E-state index is 12.6. The molecular weight excluding hydrogens is 310 g/mol. The fourth-order valence-corrected chi connectivity index (χ4v) is 2.77. The van der Waals surface area contributed by atoms with E-state index in [1.54, 1.807) is 19.1 Å². The summed E-state index contributed by atoms with van der Waals surface area (Å²) in [5.41, 5.74) is 1.68. The molecule has 0 aromatic heterocycles. The molecule has 0 aliphatic carbocycles. The lowest BCUT2D eigenvalue weighted by Crippen LogP contribution is -2.36. The molecule has 1 unspecified atom stereocenters. The number of hydrogen-bond donors (Lipinski definition) is 0. The summed E-state index contributed by atoms with van der Waals surface area (Å²) >= 11 is 0. The van der Waals surface area contributed by atoms with Gasteiger partial charge in [-0.2, -0.15) is 5.26 Å². The zero-order valence-electron chi connectivity index (χ0n) is 14.7. The number of allylic oxidation sites excluding steroid dienone is 2. The Bertz CT molecular complexity index is 760. The fraction of sp³-hybridized carbons (Fsp3) is 0.273. The molecule has 3 nitrogen and oxygen atoms in total. The van der Waals surface area contributed by atoms with Crippen LogP contribution in [0, 0.1) is 11.3 Å². The number of esters is 1. The van der Waals surface area contributed by atoms with Gasteiger partial charge in [0, 0.05) is 0 Å². The maximum atomic E-state index is 12.6. The van der Waals surface area contributed by atoms with Gasteiger partial charge in [-0.15, -0.1) is 0 Å². The zero-order chi connectivity index (χ0) is 18.1. The van der Waals surface area contributed by atoms with Crippen molar-refractivity contribution >= 4 is 5.97 Å². The summed E-state index contributed by atoms with van der Waals surface area (Å²) in [6.45, 7) is 4.02. The predicted octanol–water partition coefficient (Wildman–Crippen LogP) is 4.59. The molecule has 0 aliphatic rings. The second kappa shape index (κ2) is 8.84. The van der Waals surface area contributed by atoms with Gasteiger partial charge in [0.2, 0.25) is 0 Å². The minimum absolute atomic E-state index is 0.252. The molecule has 0 fully saturated rings.